The molecular weight excluding hydrogens is 474 g/mol. The molecule has 0 aromatic heterocycles. The quantitative estimate of drug-likeness (QED) is 0.422. The molecule has 0 saturated carbocycles. The van der Waals surface area contributed by atoms with Crippen LogP contribution >= 0.6 is 0 Å². The average Bonchev–Trinajstić information content (AvgIpc) is 2.87. The van der Waals surface area contributed by atoms with E-state index in [9.17, 15) is 18.0 Å². The van der Waals surface area contributed by atoms with E-state index < -0.39 is 22.0 Å². The molecule has 0 aliphatic rings. The van der Waals surface area contributed by atoms with Gasteiger partial charge in [0.2, 0.25) is 21.8 Å². The minimum Gasteiger partial charge on any atom is -0.354 e. The molecule has 0 heterocycles. The third kappa shape index (κ3) is 6.50. The van der Waals surface area contributed by atoms with Crippen molar-refractivity contribution in [2.24, 2.45) is 0 Å². The Morgan fingerprint density at radius 3 is 2.25 bits per heavy atom. The van der Waals surface area contributed by atoms with Crippen LogP contribution in [0.5, 0.6) is 0 Å². The number of hydrogen-bond acceptors (Lipinski definition) is 4. The number of likely N-dealkylation sites (N-methyl/N-ethyl adjacent to an activating group) is 1. The van der Waals surface area contributed by atoms with Crippen LogP contribution < -0.4 is 5.32 Å². The zero-order valence-electron chi connectivity index (χ0n) is 21.4. The van der Waals surface area contributed by atoms with Crippen molar-refractivity contribution in [1.29, 1.82) is 0 Å². The van der Waals surface area contributed by atoms with E-state index in [2.05, 4.69) is 5.32 Å². The summed E-state index contributed by atoms with van der Waals surface area (Å²) < 4.78 is 27.7. The maximum absolute atomic E-state index is 13.5. The third-order valence-electron chi connectivity index (χ3n) is 6.20. The van der Waals surface area contributed by atoms with Gasteiger partial charge in [-0.1, -0.05) is 74.0 Å². The smallest absolute Gasteiger partial charge is 0.243 e. The Morgan fingerprint density at radius 2 is 1.61 bits per heavy atom. The van der Waals surface area contributed by atoms with E-state index in [4.69, 9.17) is 0 Å². The fraction of sp³-hybridized carbons (Fsp3) is 0.357. The van der Waals surface area contributed by atoms with Gasteiger partial charge in [-0.15, -0.1) is 0 Å². The molecule has 7 nitrogen and oxygen atoms in total. The van der Waals surface area contributed by atoms with Gasteiger partial charge in [-0.2, -0.15) is 4.31 Å². The Bertz CT molecular complexity index is 1310. The molecule has 0 bridgehead atoms. The molecule has 36 heavy (non-hydrogen) atoms. The number of nitrogens with one attached hydrogen (secondary N) is 1. The van der Waals surface area contributed by atoms with E-state index in [1.54, 1.807) is 18.2 Å². The minimum absolute atomic E-state index is 0.120. The van der Waals surface area contributed by atoms with Gasteiger partial charge in [0.15, 0.2) is 0 Å². The van der Waals surface area contributed by atoms with E-state index in [0.717, 1.165) is 32.6 Å². The molecule has 0 aliphatic heterocycles. The number of carbonyl (C=O) groups excluding carboxylic acids is 2. The summed E-state index contributed by atoms with van der Waals surface area (Å²) in [6.45, 7) is 6.13. The Balaban J connectivity index is 1.86. The molecule has 192 valence electrons. The predicted octanol–water partition coefficient (Wildman–Crippen LogP) is 4.10. The molecule has 1 unspecified atom stereocenters. The van der Waals surface area contributed by atoms with Gasteiger partial charge in [0.1, 0.15) is 6.04 Å². The van der Waals surface area contributed by atoms with Crippen LogP contribution in [0.4, 0.5) is 0 Å². The zero-order chi connectivity index (χ0) is 26.3. The Morgan fingerprint density at radius 1 is 0.944 bits per heavy atom. The predicted molar refractivity (Wildman–Crippen MR) is 143 cm³/mol. The fourth-order valence-electron chi connectivity index (χ4n) is 4.05. The summed E-state index contributed by atoms with van der Waals surface area (Å²) in [5, 5.41) is 4.61. The molecule has 0 aliphatic carbocycles. The summed E-state index contributed by atoms with van der Waals surface area (Å²) in [5.74, 6) is -0.666. The lowest BCUT2D eigenvalue weighted by molar-refractivity contribution is -0.141. The lowest BCUT2D eigenvalue weighted by Gasteiger charge is -2.32. The Labute approximate surface area is 214 Å². The minimum atomic E-state index is -3.92. The van der Waals surface area contributed by atoms with Crippen molar-refractivity contribution < 1.29 is 18.0 Å². The van der Waals surface area contributed by atoms with E-state index in [1.807, 2.05) is 69.3 Å². The molecule has 0 saturated heterocycles. The number of hydrogen-bond donors (Lipinski definition) is 1. The standard InChI is InChI=1S/C28H35N3O4S/c1-5-17-29-28(33)26(6-2)31(19-22-13-11-21(3)12-14-22)27(32)20-30(4)36(34,35)25-16-15-23-9-7-8-10-24(23)18-25/h7-16,18,26H,5-6,17,19-20H2,1-4H3,(H,29,33). The SMILES string of the molecule is CCCNC(=O)C(CC)N(Cc1ccc(C)cc1)C(=O)CN(C)S(=O)(=O)c1ccc2ccccc2c1. The summed E-state index contributed by atoms with van der Waals surface area (Å²) in [6.07, 6.45) is 1.19. The molecule has 8 heteroatoms. The second-order valence-corrected chi connectivity index (χ2v) is 11.0. The lowest BCUT2D eigenvalue weighted by Crippen LogP contribution is -2.51. The van der Waals surface area contributed by atoms with Gasteiger partial charge in [0.25, 0.3) is 0 Å². The number of benzene rings is 3. The van der Waals surface area contributed by atoms with Crippen molar-refractivity contribution in [2.45, 2.75) is 51.1 Å². The molecule has 3 rings (SSSR count). The normalized spacial score (nSPS) is 12.5. The first-order valence-electron chi connectivity index (χ1n) is 12.2. The monoisotopic (exact) mass is 509 g/mol. The van der Waals surface area contributed by atoms with E-state index >= 15 is 0 Å². The highest BCUT2D eigenvalue weighted by atomic mass is 32.2. The molecule has 1 atom stereocenters. The van der Waals surface area contributed by atoms with Gasteiger partial charge < -0.3 is 10.2 Å². The first kappa shape index (κ1) is 27.4. The highest BCUT2D eigenvalue weighted by molar-refractivity contribution is 7.89. The van der Waals surface area contributed by atoms with Gasteiger partial charge in [-0.3, -0.25) is 9.59 Å². The van der Waals surface area contributed by atoms with Crippen LogP contribution in [0.2, 0.25) is 0 Å². The molecule has 3 aromatic carbocycles. The summed E-state index contributed by atoms with van der Waals surface area (Å²) in [6, 6.07) is 19.5. The van der Waals surface area contributed by atoms with Gasteiger partial charge in [0, 0.05) is 20.1 Å². The van der Waals surface area contributed by atoms with Crippen LogP contribution in [0.3, 0.4) is 0 Å². The number of nitrogens with zero attached hydrogens (tertiary/aromatic N) is 2. The molecule has 1 N–H and O–H groups in total. The van der Waals surface area contributed by atoms with Crippen molar-refractivity contribution >= 4 is 32.6 Å². The van der Waals surface area contributed by atoms with Crippen LogP contribution in [-0.2, 0) is 26.2 Å². The van der Waals surface area contributed by atoms with Gasteiger partial charge in [0.05, 0.1) is 11.4 Å². The fourth-order valence-corrected chi connectivity index (χ4v) is 5.21. The number of amides is 2. The first-order valence-corrected chi connectivity index (χ1v) is 13.7. The largest absolute Gasteiger partial charge is 0.354 e. The summed E-state index contributed by atoms with van der Waals surface area (Å²) >= 11 is 0. The number of sulfonamides is 1. The molecular formula is C28H35N3O4S. The average molecular weight is 510 g/mol. The zero-order valence-corrected chi connectivity index (χ0v) is 22.2. The number of fused-ring (bicyclic) bond motifs is 1. The molecule has 2 amide bonds. The second kappa shape index (κ2) is 12.1. The lowest BCUT2D eigenvalue weighted by atomic mass is 10.1. The number of rotatable bonds is 11. The van der Waals surface area contributed by atoms with Gasteiger partial charge >= 0.3 is 0 Å². The highest BCUT2D eigenvalue weighted by Crippen LogP contribution is 2.22. The van der Waals surface area contributed by atoms with Crippen LogP contribution in [-0.4, -0.2) is 55.6 Å². The molecule has 0 spiro atoms. The van der Waals surface area contributed by atoms with E-state index in [1.165, 1.54) is 11.9 Å². The van der Waals surface area contributed by atoms with Crippen LogP contribution in [0.25, 0.3) is 10.8 Å². The first-order chi connectivity index (χ1) is 17.2. The second-order valence-electron chi connectivity index (χ2n) is 8.99. The third-order valence-corrected chi connectivity index (χ3v) is 8.00. The molecule has 0 fully saturated rings. The number of aryl methyl sites for hydroxylation is 1. The van der Waals surface area contributed by atoms with Crippen LogP contribution in [0.1, 0.15) is 37.8 Å². The topological polar surface area (TPSA) is 86.8 Å². The number of carbonyl (C=O) groups is 2. The Hall–Kier alpha value is -3.23. The van der Waals surface area contributed by atoms with E-state index in [-0.39, 0.29) is 23.9 Å². The highest BCUT2D eigenvalue weighted by Gasteiger charge is 2.31. The summed E-state index contributed by atoms with van der Waals surface area (Å²) in [5.41, 5.74) is 1.96. The molecule has 3 aromatic rings. The van der Waals surface area contributed by atoms with Crippen molar-refractivity contribution in [3.05, 3.63) is 77.9 Å². The Kier molecular flexibility index (Phi) is 9.23. The summed E-state index contributed by atoms with van der Waals surface area (Å²) in [4.78, 5) is 28.1. The maximum Gasteiger partial charge on any atom is 0.243 e. The van der Waals surface area contributed by atoms with Crippen LogP contribution in [0, 0.1) is 6.92 Å². The van der Waals surface area contributed by atoms with Gasteiger partial charge in [-0.05, 0) is 48.2 Å². The summed E-state index contributed by atoms with van der Waals surface area (Å²) in [7, 11) is -2.53. The van der Waals surface area contributed by atoms with Crippen LogP contribution in [0.15, 0.2) is 71.6 Å². The van der Waals surface area contributed by atoms with Crippen molar-refractivity contribution in [3.8, 4) is 0 Å². The van der Waals surface area contributed by atoms with E-state index in [0.29, 0.717) is 13.0 Å². The van der Waals surface area contributed by atoms with Crippen molar-refractivity contribution in [2.75, 3.05) is 20.1 Å². The van der Waals surface area contributed by atoms with Crippen molar-refractivity contribution in [1.82, 2.24) is 14.5 Å². The van der Waals surface area contributed by atoms with Crippen molar-refractivity contribution in [3.63, 3.8) is 0 Å². The molecule has 0 radical (unpaired) electrons. The van der Waals surface area contributed by atoms with Gasteiger partial charge in [-0.25, -0.2) is 8.42 Å². The maximum atomic E-state index is 13.5.